The van der Waals surface area contributed by atoms with Crippen molar-refractivity contribution < 1.29 is 14.3 Å². The van der Waals surface area contributed by atoms with Crippen LogP contribution in [-0.4, -0.2) is 30.4 Å². The van der Waals surface area contributed by atoms with Gasteiger partial charge in [0.05, 0.1) is 17.9 Å². The molecule has 0 unspecified atom stereocenters. The summed E-state index contributed by atoms with van der Waals surface area (Å²) in [4.78, 5) is 30.6. The first-order valence-electron chi connectivity index (χ1n) is 11.1. The lowest BCUT2D eigenvalue weighted by Gasteiger charge is -2.22. The Balaban J connectivity index is 1.80. The van der Waals surface area contributed by atoms with Crippen molar-refractivity contribution in [3.8, 4) is 5.75 Å². The molecular formula is C28H28N2O3. The molecule has 1 aliphatic rings. The lowest BCUT2D eigenvalue weighted by atomic mass is 9.99. The summed E-state index contributed by atoms with van der Waals surface area (Å²) in [6.07, 6.45) is 0. The molecule has 0 aromatic heterocycles. The van der Waals surface area contributed by atoms with Crippen LogP contribution in [0.5, 0.6) is 5.75 Å². The van der Waals surface area contributed by atoms with Crippen LogP contribution >= 0.6 is 0 Å². The van der Waals surface area contributed by atoms with Gasteiger partial charge in [-0.3, -0.25) is 9.59 Å². The van der Waals surface area contributed by atoms with Gasteiger partial charge in [0.1, 0.15) is 11.4 Å². The normalized spacial score (nSPS) is 13.6. The summed E-state index contributed by atoms with van der Waals surface area (Å²) in [5.41, 5.74) is 5.33. The number of anilines is 1. The van der Waals surface area contributed by atoms with E-state index in [4.69, 9.17) is 4.74 Å². The minimum atomic E-state index is -0.333. The number of carbonyl (C=O) groups is 2. The molecule has 3 aromatic carbocycles. The Hall–Kier alpha value is -3.86. The maximum atomic E-state index is 13.7. The fourth-order valence-corrected chi connectivity index (χ4v) is 4.08. The molecule has 0 spiro atoms. The molecule has 1 heterocycles. The Labute approximate surface area is 194 Å². The lowest BCUT2D eigenvalue weighted by Crippen LogP contribution is -2.34. The summed E-state index contributed by atoms with van der Waals surface area (Å²) in [6.45, 7) is 6.95. The maximum absolute atomic E-state index is 13.7. The number of rotatable bonds is 7. The van der Waals surface area contributed by atoms with E-state index in [1.807, 2.05) is 87.3 Å². The summed E-state index contributed by atoms with van der Waals surface area (Å²) >= 11 is 0. The van der Waals surface area contributed by atoms with Crippen LogP contribution in [0.25, 0.3) is 5.57 Å². The molecule has 0 saturated carbocycles. The van der Waals surface area contributed by atoms with Crippen molar-refractivity contribution >= 4 is 23.1 Å². The third-order valence-corrected chi connectivity index (χ3v) is 5.89. The van der Waals surface area contributed by atoms with Crippen LogP contribution in [0.1, 0.15) is 29.2 Å². The zero-order valence-electron chi connectivity index (χ0n) is 19.5. The van der Waals surface area contributed by atoms with E-state index in [0.717, 1.165) is 22.3 Å². The van der Waals surface area contributed by atoms with Crippen LogP contribution in [-0.2, 0) is 16.1 Å². The molecule has 0 N–H and O–H groups in total. The Kier molecular flexibility index (Phi) is 6.31. The molecule has 33 heavy (non-hydrogen) atoms. The molecule has 0 bridgehead atoms. The Morgan fingerprint density at radius 2 is 1.61 bits per heavy atom. The predicted molar refractivity (Wildman–Crippen MR) is 131 cm³/mol. The van der Waals surface area contributed by atoms with Gasteiger partial charge in [0, 0.05) is 19.7 Å². The van der Waals surface area contributed by atoms with Crippen LogP contribution in [0.2, 0.25) is 0 Å². The Bertz CT molecular complexity index is 1230. The van der Waals surface area contributed by atoms with Gasteiger partial charge < -0.3 is 9.64 Å². The van der Waals surface area contributed by atoms with Gasteiger partial charge in [0.25, 0.3) is 11.8 Å². The number of likely N-dealkylation sites (N-methyl/N-ethyl adjacent to an activating group) is 1. The molecule has 4 rings (SSSR count). The van der Waals surface area contributed by atoms with Crippen LogP contribution in [0.15, 0.2) is 78.5 Å². The first kappa shape index (κ1) is 22.3. The highest BCUT2D eigenvalue weighted by atomic mass is 16.5. The van der Waals surface area contributed by atoms with Crippen molar-refractivity contribution in [2.75, 3.05) is 18.6 Å². The van der Waals surface area contributed by atoms with Crippen LogP contribution in [0.3, 0.4) is 0 Å². The molecule has 0 aliphatic carbocycles. The highest BCUT2D eigenvalue weighted by molar-refractivity contribution is 6.45. The number of hydrogen-bond donors (Lipinski definition) is 0. The summed E-state index contributed by atoms with van der Waals surface area (Å²) < 4.78 is 5.60. The molecule has 0 fully saturated rings. The molecule has 3 aromatic rings. The van der Waals surface area contributed by atoms with Crippen LogP contribution in [0, 0.1) is 13.8 Å². The van der Waals surface area contributed by atoms with Gasteiger partial charge in [0.2, 0.25) is 0 Å². The number of carbonyl (C=O) groups excluding carboxylic acids is 2. The fourth-order valence-electron chi connectivity index (χ4n) is 4.08. The van der Waals surface area contributed by atoms with Crippen LogP contribution < -0.4 is 9.64 Å². The number of hydrogen-bond acceptors (Lipinski definition) is 4. The number of nitrogens with zero attached hydrogens (tertiary/aromatic N) is 2. The molecule has 5 nitrogen and oxygen atoms in total. The molecule has 5 heteroatoms. The molecule has 0 radical (unpaired) electrons. The molecule has 0 atom stereocenters. The van der Waals surface area contributed by atoms with Crippen LogP contribution in [0.4, 0.5) is 5.69 Å². The van der Waals surface area contributed by atoms with Gasteiger partial charge in [-0.1, -0.05) is 54.6 Å². The average Bonchev–Trinajstić information content (AvgIpc) is 3.07. The second kappa shape index (κ2) is 9.33. The van der Waals surface area contributed by atoms with Gasteiger partial charge in [-0.05, 0) is 55.2 Å². The number of amides is 2. The monoisotopic (exact) mass is 440 g/mol. The summed E-state index contributed by atoms with van der Waals surface area (Å²) in [5, 5.41) is 0. The molecular weight excluding hydrogens is 412 g/mol. The average molecular weight is 441 g/mol. The van der Waals surface area contributed by atoms with E-state index in [-0.39, 0.29) is 11.8 Å². The number of aryl methyl sites for hydroxylation is 2. The third-order valence-electron chi connectivity index (χ3n) is 5.89. The minimum absolute atomic E-state index is 0.327. The van der Waals surface area contributed by atoms with E-state index in [2.05, 4.69) is 0 Å². The van der Waals surface area contributed by atoms with E-state index in [1.54, 1.807) is 18.2 Å². The van der Waals surface area contributed by atoms with E-state index in [0.29, 0.717) is 35.9 Å². The maximum Gasteiger partial charge on any atom is 0.282 e. The first-order chi connectivity index (χ1) is 15.9. The van der Waals surface area contributed by atoms with Crippen molar-refractivity contribution in [1.82, 2.24) is 4.90 Å². The van der Waals surface area contributed by atoms with Gasteiger partial charge in [0.15, 0.2) is 0 Å². The highest BCUT2D eigenvalue weighted by Crippen LogP contribution is 2.36. The Morgan fingerprint density at radius 1 is 0.848 bits per heavy atom. The standard InChI is InChI=1S/C28H28N2O3/c1-5-33-24-13-9-12-23(17-24)30-27(31)25(22-15-14-19(2)20(3)16-22)26(28(30)32)29(4)18-21-10-7-6-8-11-21/h6-17H,5,18H2,1-4H3. The molecule has 0 saturated heterocycles. The van der Waals surface area contributed by atoms with Crippen molar-refractivity contribution in [3.05, 3.63) is 101 Å². The number of benzene rings is 3. The second-order valence-corrected chi connectivity index (χ2v) is 8.24. The fraction of sp³-hybridized carbons (Fsp3) is 0.214. The van der Waals surface area contributed by atoms with E-state index in [1.165, 1.54) is 4.90 Å². The number of imide groups is 1. The van der Waals surface area contributed by atoms with Crippen molar-refractivity contribution in [2.45, 2.75) is 27.3 Å². The van der Waals surface area contributed by atoms with Crippen molar-refractivity contribution in [3.63, 3.8) is 0 Å². The van der Waals surface area contributed by atoms with Gasteiger partial charge >= 0.3 is 0 Å². The second-order valence-electron chi connectivity index (χ2n) is 8.24. The number of ether oxygens (including phenoxy) is 1. The predicted octanol–water partition coefficient (Wildman–Crippen LogP) is 5.12. The lowest BCUT2D eigenvalue weighted by molar-refractivity contribution is -0.120. The van der Waals surface area contributed by atoms with Gasteiger partial charge in [-0.15, -0.1) is 0 Å². The molecule has 1 aliphatic heterocycles. The topological polar surface area (TPSA) is 49.9 Å². The van der Waals surface area contributed by atoms with E-state index >= 15 is 0 Å². The van der Waals surface area contributed by atoms with E-state index < -0.39 is 0 Å². The van der Waals surface area contributed by atoms with Crippen molar-refractivity contribution in [2.24, 2.45) is 0 Å². The van der Waals surface area contributed by atoms with E-state index in [9.17, 15) is 9.59 Å². The summed E-state index contributed by atoms with van der Waals surface area (Å²) in [5.74, 6) is -0.0402. The Morgan fingerprint density at radius 3 is 2.30 bits per heavy atom. The highest BCUT2D eigenvalue weighted by Gasteiger charge is 2.42. The zero-order valence-corrected chi connectivity index (χ0v) is 19.5. The third kappa shape index (κ3) is 4.40. The van der Waals surface area contributed by atoms with Crippen molar-refractivity contribution in [1.29, 1.82) is 0 Å². The molecule has 168 valence electrons. The van der Waals surface area contributed by atoms with Gasteiger partial charge in [-0.2, -0.15) is 0 Å². The summed E-state index contributed by atoms with van der Waals surface area (Å²) in [6, 6.07) is 22.9. The quantitative estimate of drug-likeness (QED) is 0.479. The molecule has 2 amide bonds. The largest absolute Gasteiger partial charge is 0.494 e. The smallest absolute Gasteiger partial charge is 0.282 e. The summed E-state index contributed by atoms with van der Waals surface area (Å²) in [7, 11) is 1.86. The SMILES string of the molecule is CCOc1cccc(N2C(=O)C(c3ccc(C)c(C)c3)=C(N(C)Cc3ccccc3)C2=O)c1. The zero-order chi connectivity index (χ0) is 23.5. The minimum Gasteiger partial charge on any atom is -0.494 e. The van der Waals surface area contributed by atoms with Gasteiger partial charge in [-0.25, -0.2) is 4.90 Å². The first-order valence-corrected chi connectivity index (χ1v) is 11.1.